The fourth-order valence-electron chi connectivity index (χ4n) is 8.71. The molecule has 44 heavy (non-hydrogen) atoms. The molecule has 1 aliphatic heterocycles. The Labute approximate surface area is 263 Å². The van der Waals surface area contributed by atoms with Gasteiger partial charge in [0, 0.05) is 10.9 Å². The first-order chi connectivity index (χ1) is 20.9. The molecule has 0 radical (unpaired) electrons. The molecule has 222 valence electrons. The Morgan fingerprint density at radius 2 is 0.864 bits per heavy atom. The lowest BCUT2D eigenvalue weighted by Gasteiger charge is -2.41. The van der Waals surface area contributed by atoms with Gasteiger partial charge >= 0.3 is 0 Å². The maximum atomic E-state index is 6.57. The summed E-state index contributed by atoms with van der Waals surface area (Å²) >= 11 is 0. The maximum absolute atomic E-state index is 6.57. The van der Waals surface area contributed by atoms with Gasteiger partial charge in [-0.25, -0.2) is 0 Å². The summed E-state index contributed by atoms with van der Waals surface area (Å²) in [6.07, 6.45) is 4.38. The molecule has 0 bridgehead atoms. The summed E-state index contributed by atoms with van der Waals surface area (Å²) in [7, 11) is 0. The lowest BCUT2D eigenvalue weighted by Crippen LogP contribution is -2.33. The van der Waals surface area contributed by atoms with Crippen molar-refractivity contribution >= 4 is 10.8 Å². The molecule has 0 saturated heterocycles. The average molecular weight is 577 g/mol. The Bertz CT molecular complexity index is 2050. The van der Waals surface area contributed by atoms with Crippen molar-refractivity contribution in [2.24, 2.45) is 0 Å². The Hall–Kier alpha value is -4.10. The zero-order valence-corrected chi connectivity index (χ0v) is 28.5. The van der Waals surface area contributed by atoms with Crippen LogP contribution >= 0.6 is 0 Å². The zero-order chi connectivity index (χ0) is 31.6. The van der Waals surface area contributed by atoms with Gasteiger partial charge in [-0.05, 0) is 195 Å². The maximum Gasteiger partial charge on any atom is 0.139 e. The van der Waals surface area contributed by atoms with Crippen molar-refractivity contribution in [3.05, 3.63) is 132 Å². The minimum atomic E-state index is -0.539. The van der Waals surface area contributed by atoms with E-state index in [9.17, 15) is 0 Å². The molecular formula is C43H44O. The second-order valence-corrected chi connectivity index (χ2v) is 13.6. The van der Waals surface area contributed by atoms with Gasteiger partial charge in [0.05, 0.1) is 11.7 Å². The van der Waals surface area contributed by atoms with Crippen molar-refractivity contribution in [2.75, 3.05) is 0 Å². The van der Waals surface area contributed by atoms with Crippen LogP contribution in [0.25, 0.3) is 33.0 Å². The van der Waals surface area contributed by atoms with E-state index < -0.39 is 5.41 Å². The van der Waals surface area contributed by atoms with E-state index in [2.05, 4.69) is 126 Å². The van der Waals surface area contributed by atoms with Crippen LogP contribution in [0.3, 0.4) is 0 Å². The van der Waals surface area contributed by atoms with Gasteiger partial charge in [0.2, 0.25) is 0 Å². The molecule has 0 N–H and O–H groups in total. The number of ether oxygens (including phenoxy) is 1. The third kappa shape index (κ3) is 3.31. The number of benzene rings is 5. The van der Waals surface area contributed by atoms with Gasteiger partial charge in [0.25, 0.3) is 0 Å². The second-order valence-electron chi connectivity index (χ2n) is 13.6. The predicted octanol–water partition coefficient (Wildman–Crippen LogP) is 11.4. The quantitative estimate of drug-likeness (QED) is 0.178. The molecule has 1 spiro atoms. The Balaban J connectivity index is 1.89. The van der Waals surface area contributed by atoms with Crippen LogP contribution in [0.4, 0.5) is 0 Å². The number of hydrogen-bond acceptors (Lipinski definition) is 1. The van der Waals surface area contributed by atoms with Gasteiger partial charge in [-0.15, -0.1) is 0 Å². The van der Waals surface area contributed by atoms with Crippen LogP contribution in [0.2, 0.25) is 0 Å². The molecule has 1 heteroatoms. The first-order valence-electron chi connectivity index (χ1n) is 16.0. The van der Waals surface area contributed by atoms with Gasteiger partial charge in [-0.1, -0.05) is 36.4 Å². The van der Waals surface area contributed by atoms with Crippen LogP contribution in [0.1, 0.15) is 83.5 Å². The summed E-state index contributed by atoms with van der Waals surface area (Å²) in [5.74, 6) is 0.972. The lowest BCUT2D eigenvalue weighted by atomic mass is 9.62. The molecule has 0 atom stereocenters. The summed E-state index contributed by atoms with van der Waals surface area (Å²) in [5.41, 5.74) is 25.8. The molecular weight excluding hydrogens is 532 g/mol. The Morgan fingerprint density at radius 3 is 1.36 bits per heavy atom. The van der Waals surface area contributed by atoms with Crippen molar-refractivity contribution < 1.29 is 4.74 Å². The highest BCUT2D eigenvalue weighted by Gasteiger charge is 2.48. The van der Waals surface area contributed by atoms with Crippen molar-refractivity contribution in [3.8, 4) is 28.0 Å². The zero-order valence-electron chi connectivity index (χ0n) is 28.5. The smallest absolute Gasteiger partial charge is 0.139 e. The molecule has 7 rings (SSSR count). The van der Waals surface area contributed by atoms with Crippen molar-refractivity contribution in [3.63, 3.8) is 0 Å². The number of hydrogen-bond donors (Lipinski definition) is 0. The molecule has 2 aliphatic rings. The van der Waals surface area contributed by atoms with Crippen LogP contribution in [-0.2, 0) is 5.41 Å². The van der Waals surface area contributed by atoms with E-state index in [4.69, 9.17) is 4.74 Å². The van der Waals surface area contributed by atoms with Crippen LogP contribution in [0.5, 0.6) is 5.75 Å². The van der Waals surface area contributed by atoms with Crippen LogP contribution in [-0.4, -0.2) is 0 Å². The summed E-state index contributed by atoms with van der Waals surface area (Å²) < 4.78 is 6.57. The molecule has 0 aromatic heterocycles. The van der Waals surface area contributed by atoms with Gasteiger partial charge in [-0.2, -0.15) is 0 Å². The molecule has 1 nitrogen and oxygen atoms in total. The molecule has 0 fully saturated rings. The van der Waals surface area contributed by atoms with E-state index in [0.29, 0.717) is 0 Å². The third-order valence-electron chi connectivity index (χ3n) is 12.2. The highest BCUT2D eigenvalue weighted by Crippen LogP contribution is 2.61. The molecule has 5 aromatic rings. The standard InChI is InChI=1S/C43H44O/c1-21-22(2)28(8)37-36(27(21)7)38-29(9)23(3)25(5)31(11)40(38)43(41-32(12)26(6)24(4)30(10)39(37)41)19-20-44-42-34-16-14-13-15-33(34)17-18-35(42)43/h13-20H,1-12H3. The largest absolute Gasteiger partial charge is 0.464 e. The van der Waals surface area contributed by atoms with Gasteiger partial charge in [-0.3, -0.25) is 0 Å². The van der Waals surface area contributed by atoms with Crippen LogP contribution in [0.15, 0.2) is 48.7 Å². The lowest BCUT2D eigenvalue weighted by molar-refractivity contribution is 0.449. The SMILES string of the molecule is Cc1c(C)c(C)c2c(c1C)-c1c(C)c(C)c(C)c(C)c1C1(C=COc3c1ccc1ccccc31)c1c(C)c(C)c(C)c(C)c1-2. The molecule has 5 aromatic carbocycles. The highest BCUT2D eigenvalue weighted by atomic mass is 16.5. The first kappa shape index (κ1) is 28.7. The molecule has 0 amide bonds. The Kier molecular flexibility index (Phi) is 6.15. The van der Waals surface area contributed by atoms with E-state index in [-0.39, 0.29) is 0 Å². The third-order valence-corrected chi connectivity index (χ3v) is 12.2. The fourth-order valence-corrected chi connectivity index (χ4v) is 8.71. The van der Waals surface area contributed by atoms with Crippen LogP contribution < -0.4 is 4.74 Å². The molecule has 0 saturated carbocycles. The molecule has 1 aliphatic carbocycles. The fraction of sp³-hybridized carbons (Fsp3) is 0.302. The second kappa shape index (κ2) is 9.45. The minimum Gasteiger partial charge on any atom is -0.464 e. The van der Waals surface area contributed by atoms with E-state index in [0.717, 1.165) is 11.1 Å². The highest BCUT2D eigenvalue weighted by molar-refractivity contribution is 6.01. The predicted molar refractivity (Wildman–Crippen MR) is 188 cm³/mol. The van der Waals surface area contributed by atoms with Crippen molar-refractivity contribution in [1.82, 2.24) is 0 Å². The first-order valence-corrected chi connectivity index (χ1v) is 16.0. The van der Waals surface area contributed by atoms with E-state index in [1.54, 1.807) is 0 Å². The summed E-state index contributed by atoms with van der Waals surface area (Å²) in [6.45, 7) is 28.1. The molecule has 0 unspecified atom stereocenters. The van der Waals surface area contributed by atoms with E-state index in [1.807, 2.05) is 6.26 Å². The van der Waals surface area contributed by atoms with Crippen LogP contribution in [0, 0.1) is 83.1 Å². The van der Waals surface area contributed by atoms with Gasteiger partial charge in [0.15, 0.2) is 0 Å². The minimum absolute atomic E-state index is 0.539. The topological polar surface area (TPSA) is 9.23 Å². The van der Waals surface area contributed by atoms with E-state index in [1.165, 1.54) is 111 Å². The summed E-state index contributed by atoms with van der Waals surface area (Å²) in [4.78, 5) is 0. The average Bonchev–Trinajstić information content (AvgIpc) is 3.14. The monoisotopic (exact) mass is 576 g/mol. The van der Waals surface area contributed by atoms with Gasteiger partial charge < -0.3 is 4.74 Å². The van der Waals surface area contributed by atoms with Crippen molar-refractivity contribution in [2.45, 2.75) is 88.5 Å². The Morgan fingerprint density at radius 1 is 0.432 bits per heavy atom. The normalized spacial score (nSPS) is 14.2. The van der Waals surface area contributed by atoms with Crippen molar-refractivity contribution in [1.29, 1.82) is 0 Å². The van der Waals surface area contributed by atoms with Gasteiger partial charge in [0.1, 0.15) is 5.75 Å². The number of allylic oxidation sites excluding steroid dienone is 1. The summed E-state index contributed by atoms with van der Waals surface area (Å²) in [6, 6.07) is 13.3. The number of fused-ring (bicyclic) bond motifs is 11. The summed E-state index contributed by atoms with van der Waals surface area (Å²) in [5, 5.41) is 2.36. The molecule has 1 heterocycles. The van der Waals surface area contributed by atoms with E-state index >= 15 is 0 Å². The number of rotatable bonds is 0.